The number of carbonyl (C=O) groups is 1. The summed E-state index contributed by atoms with van der Waals surface area (Å²) in [5, 5.41) is 0. The van der Waals surface area contributed by atoms with Crippen LogP contribution in [0.4, 0.5) is 0 Å². The van der Waals surface area contributed by atoms with E-state index in [1.54, 1.807) is 0 Å². The Morgan fingerprint density at radius 3 is 2.47 bits per heavy atom. The number of benzene rings is 1. The summed E-state index contributed by atoms with van der Waals surface area (Å²) in [5.74, 6) is 0.588. The lowest BCUT2D eigenvalue weighted by atomic mass is 9.71. The third-order valence-corrected chi connectivity index (χ3v) is 4.50. The first-order chi connectivity index (χ1) is 9.04. The topological polar surface area (TPSA) is 17.1 Å². The van der Waals surface area contributed by atoms with E-state index in [0.717, 1.165) is 11.8 Å². The third-order valence-electron chi connectivity index (χ3n) is 4.50. The fourth-order valence-electron chi connectivity index (χ4n) is 2.69. The average Bonchev–Trinajstić information content (AvgIpc) is 2.43. The molecule has 1 aromatic carbocycles. The van der Waals surface area contributed by atoms with E-state index < -0.39 is 0 Å². The van der Waals surface area contributed by atoms with Crippen molar-refractivity contribution in [2.24, 2.45) is 5.92 Å². The minimum absolute atomic E-state index is 0.0592. The van der Waals surface area contributed by atoms with Gasteiger partial charge in [-0.2, -0.15) is 0 Å². The van der Waals surface area contributed by atoms with E-state index in [0.29, 0.717) is 5.92 Å². The molecule has 0 aliphatic heterocycles. The molecule has 0 bridgehead atoms. The molecule has 0 N–H and O–H groups in total. The van der Waals surface area contributed by atoms with Gasteiger partial charge in [-0.05, 0) is 23.3 Å². The lowest BCUT2D eigenvalue weighted by molar-refractivity contribution is 0.112. The van der Waals surface area contributed by atoms with Gasteiger partial charge in [-0.1, -0.05) is 77.6 Å². The van der Waals surface area contributed by atoms with Crippen molar-refractivity contribution in [2.45, 2.75) is 65.2 Å². The van der Waals surface area contributed by atoms with Crippen molar-refractivity contribution in [1.82, 2.24) is 0 Å². The van der Waals surface area contributed by atoms with E-state index in [-0.39, 0.29) is 5.41 Å². The monoisotopic (exact) mass is 260 g/mol. The van der Waals surface area contributed by atoms with Gasteiger partial charge in [0.1, 0.15) is 6.29 Å². The van der Waals surface area contributed by atoms with Gasteiger partial charge in [-0.3, -0.25) is 4.79 Å². The van der Waals surface area contributed by atoms with Crippen LogP contribution in [0.15, 0.2) is 24.3 Å². The zero-order valence-corrected chi connectivity index (χ0v) is 12.9. The van der Waals surface area contributed by atoms with E-state index in [2.05, 4.69) is 33.8 Å². The van der Waals surface area contributed by atoms with Gasteiger partial charge in [0.25, 0.3) is 0 Å². The summed E-state index contributed by atoms with van der Waals surface area (Å²) < 4.78 is 0. The fraction of sp³-hybridized carbons (Fsp3) is 0.611. The van der Waals surface area contributed by atoms with Crippen LogP contribution in [-0.2, 0) is 5.41 Å². The van der Waals surface area contributed by atoms with Gasteiger partial charge < -0.3 is 0 Å². The Kier molecular flexibility index (Phi) is 6.27. The summed E-state index contributed by atoms with van der Waals surface area (Å²) in [7, 11) is 0. The van der Waals surface area contributed by atoms with Crippen molar-refractivity contribution >= 4 is 6.29 Å². The Hall–Kier alpha value is -1.11. The zero-order chi connectivity index (χ0) is 14.3. The molecule has 0 saturated heterocycles. The average molecular weight is 260 g/mol. The molecule has 1 atom stereocenters. The van der Waals surface area contributed by atoms with E-state index in [4.69, 9.17) is 0 Å². The maximum Gasteiger partial charge on any atom is 0.150 e. The number of hydrogen-bond donors (Lipinski definition) is 0. The van der Waals surface area contributed by atoms with Crippen LogP contribution in [-0.4, -0.2) is 6.29 Å². The van der Waals surface area contributed by atoms with Crippen molar-refractivity contribution in [3.8, 4) is 0 Å². The minimum Gasteiger partial charge on any atom is -0.298 e. The second-order valence-corrected chi connectivity index (χ2v) is 6.18. The molecule has 0 radical (unpaired) electrons. The molecule has 1 unspecified atom stereocenters. The van der Waals surface area contributed by atoms with Gasteiger partial charge in [0.2, 0.25) is 0 Å². The lowest BCUT2D eigenvalue weighted by Crippen LogP contribution is -2.28. The van der Waals surface area contributed by atoms with Gasteiger partial charge in [-0.25, -0.2) is 0 Å². The van der Waals surface area contributed by atoms with Crippen LogP contribution >= 0.6 is 0 Å². The first-order valence-corrected chi connectivity index (χ1v) is 7.58. The number of carbonyl (C=O) groups excluding carboxylic acids is 1. The molecule has 0 spiro atoms. The number of unbranched alkanes of at least 4 members (excludes halogenated alkanes) is 3. The molecule has 0 aliphatic rings. The summed E-state index contributed by atoms with van der Waals surface area (Å²) in [6, 6.07) is 8.00. The molecular weight excluding hydrogens is 232 g/mol. The molecule has 0 fully saturated rings. The quantitative estimate of drug-likeness (QED) is 0.453. The number of rotatable bonds is 8. The highest BCUT2D eigenvalue weighted by atomic mass is 16.1. The highest BCUT2D eigenvalue weighted by Crippen LogP contribution is 2.36. The highest BCUT2D eigenvalue weighted by molar-refractivity contribution is 5.77. The molecule has 1 aromatic rings. The summed E-state index contributed by atoms with van der Waals surface area (Å²) in [6.45, 7) is 9.08. The highest BCUT2D eigenvalue weighted by Gasteiger charge is 2.29. The van der Waals surface area contributed by atoms with Crippen molar-refractivity contribution in [2.75, 3.05) is 0 Å². The van der Waals surface area contributed by atoms with E-state index in [9.17, 15) is 4.79 Å². The van der Waals surface area contributed by atoms with Crippen molar-refractivity contribution < 1.29 is 4.79 Å². The smallest absolute Gasteiger partial charge is 0.150 e. The van der Waals surface area contributed by atoms with Crippen molar-refractivity contribution in [3.63, 3.8) is 0 Å². The molecular formula is C18H28O. The number of aldehydes is 1. The van der Waals surface area contributed by atoms with E-state index in [1.165, 1.54) is 37.7 Å². The molecule has 1 nitrogen and oxygen atoms in total. The first-order valence-electron chi connectivity index (χ1n) is 7.58. The maximum atomic E-state index is 11.2. The summed E-state index contributed by atoms with van der Waals surface area (Å²) in [6.07, 6.45) is 7.46. The zero-order valence-electron chi connectivity index (χ0n) is 12.9. The summed E-state index contributed by atoms with van der Waals surface area (Å²) in [5.41, 5.74) is 2.09. The molecule has 0 saturated carbocycles. The normalized spacial score (nSPS) is 13.3. The summed E-state index contributed by atoms with van der Waals surface area (Å²) in [4.78, 5) is 11.2. The molecule has 0 aliphatic carbocycles. The fourth-order valence-corrected chi connectivity index (χ4v) is 2.69. The summed E-state index contributed by atoms with van der Waals surface area (Å²) >= 11 is 0. The predicted octanol–water partition coefficient (Wildman–Crippen LogP) is 5.38. The van der Waals surface area contributed by atoms with Crippen LogP contribution in [0.1, 0.15) is 75.7 Å². The second kappa shape index (κ2) is 7.47. The van der Waals surface area contributed by atoms with Gasteiger partial charge in [-0.15, -0.1) is 0 Å². The predicted molar refractivity (Wildman–Crippen MR) is 82.8 cm³/mol. The van der Waals surface area contributed by atoms with Crippen molar-refractivity contribution in [3.05, 3.63) is 35.4 Å². The Morgan fingerprint density at radius 1 is 1.16 bits per heavy atom. The lowest BCUT2D eigenvalue weighted by Gasteiger charge is -2.33. The Labute approximate surface area is 118 Å². The van der Waals surface area contributed by atoms with Gasteiger partial charge >= 0.3 is 0 Å². The number of hydrogen-bond acceptors (Lipinski definition) is 1. The molecule has 106 valence electrons. The van der Waals surface area contributed by atoms with Crippen LogP contribution in [0.25, 0.3) is 0 Å². The largest absolute Gasteiger partial charge is 0.298 e. The third kappa shape index (κ3) is 4.19. The van der Waals surface area contributed by atoms with E-state index >= 15 is 0 Å². The Bertz CT molecular complexity index is 392. The van der Waals surface area contributed by atoms with Crippen LogP contribution in [0.3, 0.4) is 0 Å². The van der Waals surface area contributed by atoms with Crippen LogP contribution < -0.4 is 0 Å². The molecule has 1 heteroatoms. The van der Waals surface area contributed by atoms with E-state index in [1.807, 2.05) is 18.2 Å². The molecule has 1 rings (SSSR count). The van der Waals surface area contributed by atoms with Crippen LogP contribution in [0.2, 0.25) is 0 Å². The maximum absolute atomic E-state index is 11.2. The molecule has 0 aromatic heterocycles. The SMILES string of the molecule is CCCCCCC(C)C(C)(C)c1ccccc1C=O. The first kappa shape index (κ1) is 15.9. The van der Waals surface area contributed by atoms with Gasteiger partial charge in [0, 0.05) is 5.56 Å². The standard InChI is InChI=1S/C18H28O/c1-5-6-7-8-11-15(2)18(3,4)17-13-10-9-12-16(17)14-19/h9-10,12-15H,5-8,11H2,1-4H3. The minimum atomic E-state index is 0.0592. The Morgan fingerprint density at radius 2 is 1.84 bits per heavy atom. The molecule has 0 heterocycles. The van der Waals surface area contributed by atoms with Gasteiger partial charge in [0.05, 0.1) is 0 Å². The van der Waals surface area contributed by atoms with Gasteiger partial charge in [0.15, 0.2) is 0 Å². The molecule has 19 heavy (non-hydrogen) atoms. The second-order valence-electron chi connectivity index (χ2n) is 6.18. The van der Waals surface area contributed by atoms with Crippen molar-refractivity contribution in [1.29, 1.82) is 0 Å². The Balaban J connectivity index is 2.75. The molecule has 0 amide bonds. The van der Waals surface area contributed by atoms with Crippen LogP contribution in [0, 0.1) is 5.92 Å². The van der Waals surface area contributed by atoms with Crippen LogP contribution in [0.5, 0.6) is 0 Å².